The number of aromatic nitrogens is 1. The van der Waals surface area contributed by atoms with Gasteiger partial charge in [0.05, 0.1) is 17.3 Å². The van der Waals surface area contributed by atoms with Gasteiger partial charge in [-0.25, -0.2) is 4.98 Å². The zero-order valence-corrected chi connectivity index (χ0v) is 10.2. The average molecular weight is 282 g/mol. The lowest BCUT2D eigenvalue weighted by Crippen LogP contribution is -1.83. The smallest absolute Gasteiger partial charge is 0.180 e. The molecule has 2 aromatic rings. The minimum Gasteiger partial charge on any atom is -0.375 e. The normalized spacial score (nSPS) is 9.00. The Hall–Kier alpha value is -1.38. The lowest BCUT2D eigenvalue weighted by Gasteiger charge is -1.95. The lowest BCUT2D eigenvalue weighted by molar-refractivity contribution is 1.40. The van der Waals surface area contributed by atoms with Crippen LogP contribution in [0.1, 0.15) is 5.56 Å². The van der Waals surface area contributed by atoms with E-state index in [0.29, 0.717) is 10.7 Å². The molecule has 1 aromatic heterocycles. The Kier molecular flexibility index (Phi) is 3.83. The minimum atomic E-state index is 0. The third-order valence-electron chi connectivity index (χ3n) is 1.81. The monoisotopic (exact) mass is 281 g/mol. The Morgan fingerprint density at radius 1 is 1.40 bits per heavy atom. The number of nitrogens with two attached hydrogens (primary N) is 1. The van der Waals surface area contributed by atoms with Gasteiger partial charge in [0.1, 0.15) is 0 Å². The summed E-state index contributed by atoms with van der Waals surface area (Å²) in [5.74, 6) is 0. The quantitative estimate of drug-likeness (QED) is 0.874. The molecule has 0 unspecified atom stereocenters. The molecule has 15 heavy (non-hydrogen) atoms. The van der Waals surface area contributed by atoms with Gasteiger partial charge in [0, 0.05) is 10.9 Å². The van der Waals surface area contributed by atoms with Gasteiger partial charge in [-0.15, -0.1) is 28.3 Å². The second-order valence-corrected chi connectivity index (χ2v) is 3.65. The Morgan fingerprint density at radius 2 is 2.20 bits per heavy atom. The highest BCUT2D eigenvalue weighted by Crippen LogP contribution is 2.23. The van der Waals surface area contributed by atoms with Gasteiger partial charge in [0.25, 0.3) is 0 Å². The molecular weight excluding hydrogens is 274 g/mol. The van der Waals surface area contributed by atoms with Crippen molar-refractivity contribution in [2.75, 3.05) is 5.73 Å². The van der Waals surface area contributed by atoms with Gasteiger partial charge < -0.3 is 5.73 Å². The highest BCUT2D eigenvalue weighted by Gasteiger charge is 2.02. The number of nitrogens with zero attached hydrogens (tertiary/aromatic N) is 2. The predicted molar refractivity (Wildman–Crippen MR) is 67.0 cm³/mol. The largest absolute Gasteiger partial charge is 0.375 e. The van der Waals surface area contributed by atoms with E-state index in [1.165, 1.54) is 11.3 Å². The molecule has 0 bridgehead atoms. The summed E-state index contributed by atoms with van der Waals surface area (Å²) >= 11 is 1.40. The lowest BCUT2D eigenvalue weighted by atomic mass is 10.1. The summed E-state index contributed by atoms with van der Waals surface area (Å²) in [4.78, 5) is 4.14. The van der Waals surface area contributed by atoms with Crippen LogP contribution in [0, 0.1) is 11.3 Å². The first-order chi connectivity index (χ1) is 6.79. The van der Waals surface area contributed by atoms with Crippen molar-refractivity contribution in [3.8, 4) is 17.3 Å². The molecule has 0 atom stereocenters. The van der Waals surface area contributed by atoms with Crippen molar-refractivity contribution in [3.63, 3.8) is 0 Å². The molecule has 5 heteroatoms. The standard InChI is InChI=1S/C10H7N3S.BrH/c11-5-7-2-1-3-8(4-7)9-6-14-10(12)13-9;/h1-4,6H,(H2,12,13);1H. The van der Waals surface area contributed by atoms with E-state index < -0.39 is 0 Å². The van der Waals surface area contributed by atoms with Crippen molar-refractivity contribution < 1.29 is 0 Å². The first kappa shape index (κ1) is 11.7. The fourth-order valence-corrected chi connectivity index (χ4v) is 1.74. The van der Waals surface area contributed by atoms with Crippen molar-refractivity contribution >= 4 is 33.4 Å². The van der Waals surface area contributed by atoms with Crippen LogP contribution in [0.3, 0.4) is 0 Å². The van der Waals surface area contributed by atoms with E-state index in [4.69, 9.17) is 11.0 Å². The Morgan fingerprint density at radius 3 is 2.80 bits per heavy atom. The van der Waals surface area contributed by atoms with Gasteiger partial charge in [-0.05, 0) is 12.1 Å². The van der Waals surface area contributed by atoms with E-state index >= 15 is 0 Å². The van der Waals surface area contributed by atoms with E-state index in [1.54, 1.807) is 12.1 Å². The molecule has 2 N–H and O–H groups in total. The molecule has 76 valence electrons. The molecular formula is C10H8BrN3S. The van der Waals surface area contributed by atoms with Gasteiger partial charge in [0.15, 0.2) is 5.13 Å². The van der Waals surface area contributed by atoms with Gasteiger partial charge in [-0.2, -0.15) is 5.26 Å². The molecule has 1 heterocycles. The third-order valence-corrected chi connectivity index (χ3v) is 2.48. The molecule has 0 spiro atoms. The zero-order valence-electron chi connectivity index (χ0n) is 7.68. The molecule has 0 aliphatic heterocycles. The van der Waals surface area contributed by atoms with Crippen LogP contribution in [-0.4, -0.2) is 4.98 Å². The second kappa shape index (κ2) is 4.91. The fourth-order valence-electron chi connectivity index (χ4n) is 1.17. The van der Waals surface area contributed by atoms with Crippen LogP contribution in [-0.2, 0) is 0 Å². The van der Waals surface area contributed by atoms with E-state index in [2.05, 4.69) is 11.1 Å². The van der Waals surface area contributed by atoms with Crippen LogP contribution < -0.4 is 5.73 Å². The Labute approximate surface area is 102 Å². The summed E-state index contributed by atoms with van der Waals surface area (Å²) in [6.45, 7) is 0. The van der Waals surface area contributed by atoms with Gasteiger partial charge in [-0.1, -0.05) is 12.1 Å². The van der Waals surface area contributed by atoms with Crippen LogP contribution in [0.15, 0.2) is 29.6 Å². The number of benzene rings is 1. The number of halogens is 1. The first-order valence-electron chi connectivity index (χ1n) is 4.01. The Bertz CT molecular complexity index is 501. The maximum absolute atomic E-state index is 8.72. The number of hydrogen-bond donors (Lipinski definition) is 1. The number of rotatable bonds is 1. The van der Waals surface area contributed by atoms with Crippen LogP contribution >= 0.6 is 28.3 Å². The Balaban J connectivity index is 0.00000112. The van der Waals surface area contributed by atoms with Crippen LogP contribution in [0.5, 0.6) is 0 Å². The van der Waals surface area contributed by atoms with E-state index in [9.17, 15) is 0 Å². The summed E-state index contributed by atoms with van der Waals surface area (Å²) in [6.07, 6.45) is 0. The number of nitrogen functional groups attached to an aromatic ring is 1. The summed E-state index contributed by atoms with van der Waals surface area (Å²) in [7, 11) is 0. The molecule has 0 amide bonds. The van der Waals surface area contributed by atoms with Gasteiger partial charge >= 0.3 is 0 Å². The van der Waals surface area contributed by atoms with Crippen LogP contribution in [0.2, 0.25) is 0 Å². The fraction of sp³-hybridized carbons (Fsp3) is 0. The molecule has 0 radical (unpaired) electrons. The van der Waals surface area contributed by atoms with Crippen molar-refractivity contribution in [2.24, 2.45) is 0 Å². The SMILES string of the molecule is Br.N#Cc1cccc(-c2csc(N)n2)c1. The maximum atomic E-state index is 8.72. The highest BCUT2D eigenvalue weighted by atomic mass is 79.9. The number of anilines is 1. The van der Waals surface area contributed by atoms with Crippen LogP contribution in [0.4, 0.5) is 5.13 Å². The summed E-state index contributed by atoms with van der Waals surface area (Å²) in [5.41, 5.74) is 7.91. The van der Waals surface area contributed by atoms with Crippen LogP contribution in [0.25, 0.3) is 11.3 Å². The third kappa shape index (κ3) is 2.55. The molecule has 0 saturated carbocycles. The van der Waals surface area contributed by atoms with E-state index in [1.807, 2.05) is 17.5 Å². The molecule has 0 aliphatic rings. The van der Waals surface area contributed by atoms with E-state index in [-0.39, 0.29) is 17.0 Å². The first-order valence-corrected chi connectivity index (χ1v) is 4.89. The van der Waals surface area contributed by atoms with Crippen molar-refractivity contribution in [2.45, 2.75) is 0 Å². The molecule has 3 nitrogen and oxygen atoms in total. The molecule has 0 aliphatic carbocycles. The molecule has 1 aromatic carbocycles. The molecule has 2 rings (SSSR count). The van der Waals surface area contributed by atoms with Crippen molar-refractivity contribution in [1.82, 2.24) is 4.98 Å². The maximum Gasteiger partial charge on any atom is 0.180 e. The predicted octanol–water partition coefficient (Wildman–Crippen LogP) is 2.84. The number of hydrogen-bond acceptors (Lipinski definition) is 4. The summed E-state index contributed by atoms with van der Waals surface area (Å²) in [6, 6.07) is 9.40. The van der Waals surface area contributed by atoms with E-state index in [0.717, 1.165) is 11.3 Å². The zero-order chi connectivity index (χ0) is 9.97. The molecule has 0 fully saturated rings. The van der Waals surface area contributed by atoms with Gasteiger partial charge in [0.2, 0.25) is 0 Å². The second-order valence-electron chi connectivity index (χ2n) is 2.76. The average Bonchev–Trinajstić information content (AvgIpc) is 2.65. The molecule has 0 saturated heterocycles. The number of thiazole rings is 1. The van der Waals surface area contributed by atoms with Crippen molar-refractivity contribution in [1.29, 1.82) is 5.26 Å². The summed E-state index contributed by atoms with van der Waals surface area (Å²) in [5, 5.41) is 11.1. The topological polar surface area (TPSA) is 62.7 Å². The highest BCUT2D eigenvalue weighted by molar-refractivity contribution is 8.93. The van der Waals surface area contributed by atoms with Gasteiger partial charge in [-0.3, -0.25) is 0 Å². The minimum absolute atomic E-state index is 0. The number of nitriles is 1. The van der Waals surface area contributed by atoms with Crippen molar-refractivity contribution in [3.05, 3.63) is 35.2 Å². The summed E-state index contributed by atoms with van der Waals surface area (Å²) < 4.78 is 0.